The Morgan fingerprint density at radius 1 is 1.30 bits per heavy atom. The topological polar surface area (TPSA) is 49.5 Å². The second kappa shape index (κ2) is 7.43. The average Bonchev–Trinajstić information content (AvgIpc) is 2.92. The number of oxazole rings is 1. The fraction of sp³-hybridized carbons (Fsp3) is 0.400. The van der Waals surface area contributed by atoms with E-state index in [2.05, 4.69) is 16.8 Å². The third-order valence-corrected chi connectivity index (χ3v) is 3.36. The molecule has 5 heteroatoms. The van der Waals surface area contributed by atoms with Gasteiger partial charge in [0.05, 0.1) is 5.69 Å². The molecular formula is C15H19ClN2O2. The number of hydrogen-bond acceptors (Lipinski definition) is 4. The summed E-state index contributed by atoms with van der Waals surface area (Å²) in [7, 11) is 0. The van der Waals surface area contributed by atoms with Crippen molar-refractivity contribution in [3.05, 3.63) is 41.2 Å². The number of rotatable bonds is 7. The van der Waals surface area contributed by atoms with Crippen molar-refractivity contribution in [2.75, 3.05) is 19.7 Å². The summed E-state index contributed by atoms with van der Waals surface area (Å²) in [4.78, 5) is 6.71. The molecule has 20 heavy (non-hydrogen) atoms. The first kappa shape index (κ1) is 15.0. The summed E-state index contributed by atoms with van der Waals surface area (Å²) in [6.07, 6.45) is 2.46. The number of nitrogens with zero attached hydrogens (tertiary/aromatic N) is 2. The fourth-order valence-corrected chi connectivity index (χ4v) is 2.10. The number of benzene rings is 1. The zero-order valence-electron chi connectivity index (χ0n) is 11.6. The minimum absolute atomic E-state index is 0.214. The van der Waals surface area contributed by atoms with E-state index in [-0.39, 0.29) is 6.61 Å². The van der Waals surface area contributed by atoms with Gasteiger partial charge in [-0.25, -0.2) is 4.98 Å². The highest BCUT2D eigenvalue weighted by Gasteiger charge is 2.10. The lowest BCUT2D eigenvalue weighted by atomic mass is 10.2. The predicted molar refractivity (Wildman–Crippen MR) is 79.6 cm³/mol. The van der Waals surface area contributed by atoms with Gasteiger partial charge in [-0.15, -0.1) is 0 Å². The van der Waals surface area contributed by atoms with Crippen molar-refractivity contribution < 1.29 is 9.52 Å². The molecule has 1 N–H and O–H groups in total. The third-order valence-electron chi connectivity index (χ3n) is 3.11. The van der Waals surface area contributed by atoms with E-state index >= 15 is 0 Å². The quantitative estimate of drug-likeness (QED) is 0.852. The summed E-state index contributed by atoms with van der Waals surface area (Å²) in [5.41, 5.74) is 1.81. The molecule has 2 rings (SSSR count). The van der Waals surface area contributed by atoms with Gasteiger partial charge in [0.2, 0.25) is 5.89 Å². The van der Waals surface area contributed by atoms with Crippen molar-refractivity contribution in [1.82, 2.24) is 9.88 Å². The van der Waals surface area contributed by atoms with E-state index in [1.54, 1.807) is 6.26 Å². The maximum Gasteiger partial charge on any atom is 0.226 e. The molecular weight excluding hydrogens is 276 g/mol. The minimum Gasteiger partial charge on any atom is -0.444 e. The van der Waals surface area contributed by atoms with Crippen LogP contribution in [0, 0.1) is 0 Å². The van der Waals surface area contributed by atoms with Crippen molar-refractivity contribution >= 4 is 11.6 Å². The van der Waals surface area contributed by atoms with Crippen molar-refractivity contribution in [2.24, 2.45) is 0 Å². The summed E-state index contributed by atoms with van der Waals surface area (Å²) in [6, 6.07) is 7.42. The van der Waals surface area contributed by atoms with Gasteiger partial charge in [0.15, 0.2) is 0 Å². The van der Waals surface area contributed by atoms with Gasteiger partial charge in [-0.1, -0.05) is 18.5 Å². The van der Waals surface area contributed by atoms with E-state index in [9.17, 15) is 0 Å². The molecule has 0 radical (unpaired) electrons. The molecule has 0 spiro atoms. The second-order valence-electron chi connectivity index (χ2n) is 4.60. The minimum atomic E-state index is 0.214. The Balaban J connectivity index is 2.02. The largest absolute Gasteiger partial charge is 0.444 e. The molecule has 0 bridgehead atoms. The van der Waals surface area contributed by atoms with E-state index in [1.165, 1.54) is 0 Å². The Kier molecular flexibility index (Phi) is 5.59. The summed E-state index contributed by atoms with van der Waals surface area (Å²) in [5.74, 6) is 0.606. The Bertz CT molecular complexity index is 525. The predicted octanol–water partition coefficient (Wildman–Crippen LogP) is 3.20. The highest BCUT2D eigenvalue weighted by molar-refractivity contribution is 6.30. The standard InChI is InChI=1S/C15H19ClN2O2/c1-2-18(8-3-9-19)10-14-11-20-15(17-14)12-4-6-13(16)7-5-12/h4-7,11,19H,2-3,8-10H2,1H3. The molecule has 0 aliphatic carbocycles. The molecule has 0 aliphatic rings. The van der Waals surface area contributed by atoms with Crippen LogP contribution in [0.2, 0.25) is 5.02 Å². The Morgan fingerprint density at radius 3 is 2.70 bits per heavy atom. The number of aliphatic hydroxyl groups is 1. The van der Waals surface area contributed by atoms with Crippen LogP contribution < -0.4 is 0 Å². The van der Waals surface area contributed by atoms with Crippen LogP contribution in [0.3, 0.4) is 0 Å². The second-order valence-corrected chi connectivity index (χ2v) is 5.03. The highest BCUT2D eigenvalue weighted by Crippen LogP contribution is 2.21. The Labute approximate surface area is 124 Å². The normalized spacial score (nSPS) is 11.2. The first-order chi connectivity index (χ1) is 9.72. The van der Waals surface area contributed by atoms with E-state index in [1.807, 2.05) is 24.3 Å². The smallest absolute Gasteiger partial charge is 0.226 e. The number of aromatic nitrogens is 1. The molecule has 2 aromatic rings. The highest BCUT2D eigenvalue weighted by atomic mass is 35.5. The third kappa shape index (κ3) is 4.07. The van der Waals surface area contributed by atoms with Crippen LogP contribution in [-0.4, -0.2) is 34.7 Å². The molecule has 0 amide bonds. The van der Waals surface area contributed by atoms with Crippen LogP contribution in [0.25, 0.3) is 11.5 Å². The van der Waals surface area contributed by atoms with Gasteiger partial charge < -0.3 is 9.52 Å². The first-order valence-corrected chi connectivity index (χ1v) is 7.14. The van der Waals surface area contributed by atoms with E-state index in [0.717, 1.165) is 37.3 Å². The molecule has 0 aliphatic heterocycles. The van der Waals surface area contributed by atoms with Gasteiger partial charge in [0.1, 0.15) is 6.26 Å². The Morgan fingerprint density at radius 2 is 2.05 bits per heavy atom. The molecule has 0 unspecified atom stereocenters. The lowest BCUT2D eigenvalue weighted by Crippen LogP contribution is -2.24. The van der Waals surface area contributed by atoms with E-state index in [4.69, 9.17) is 21.1 Å². The van der Waals surface area contributed by atoms with Gasteiger partial charge in [-0.3, -0.25) is 4.90 Å². The van der Waals surface area contributed by atoms with Gasteiger partial charge in [0, 0.05) is 30.3 Å². The number of hydrogen-bond donors (Lipinski definition) is 1. The maximum absolute atomic E-state index is 8.88. The van der Waals surface area contributed by atoms with Crippen molar-refractivity contribution in [3.63, 3.8) is 0 Å². The Hall–Kier alpha value is -1.36. The first-order valence-electron chi connectivity index (χ1n) is 6.76. The SMILES string of the molecule is CCN(CCCO)Cc1coc(-c2ccc(Cl)cc2)n1. The van der Waals surface area contributed by atoms with Crippen LogP contribution >= 0.6 is 11.6 Å². The van der Waals surface area contributed by atoms with Crippen LogP contribution in [0.15, 0.2) is 34.9 Å². The summed E-state index contributed by atoms with van der Waals surface area (Å²) in [5, 5.41) is 9.58. The molecule has 1 heterocycles. The number of aliphatic hydroxyl groups excluding tert-OH is 1. The van der Waals surface area contributed by atoms with E-state index in [0.29, 0.717) is 10.9 Å². The van der Waals surface area contributed by atoms with Gasteiger partial charge in [-0.05, 0) is 37.2 Å². The fourth-order valence-electron chi connectivity index (χ4n) is 1.98. The van der Waals surface area contributed by atoms with Crippen molar-refractivity contribution in [3.8, 4) is 11.5 Å². The molecule has 1 aromatic carbocycles. The molecule has 0 saturated heterocycles. The van der Waals surface area contributed by atoms with Crippen LogP contribution in [0.4, 0.5) is 0 Å². The van der Waals surface area contributed by atoms with Gasteiger partial charge in [-0.2, -0.15) is 0 Å². The summed E-state index contributed by atoms with van der Waals surface area (Å²) >= 11 is 5.86. The summed E-state index contributed by atoms with van der Waals surface area (Å²) in [6.45, 7) is 4.82. The number of halogens is 1. The van der Waals surface area contributed by atoms with Crippen LogP contribution in [0.1, 0.15) is 19.0 Å². The van der Waals surface area contributed by atoms with Crippen molar-refractivity contribution in [1.29, 1.82) is 0 Å². The lowest BCUT2D eigenvalue weighted by molar-refractivity contribution is 0.224. The molecule has 108 valence electrons. The summed E-state index contributed by atoms with van der Waals surface area (Å²) < 4.78 is 5.51. The van der Waals surface area contributed by atoms with Crippen LogP contribution in [-0.2, 0) is 6.54 Å². The van der Waals surface area contributed by atoms with Gasteiger partial charge >= 0.3 is 0 Å². The zero-order valence-corrected chi connectivity index (χ0v) is 12.3. The van der Waals surface area contributed by atoms with Crippen molar-refractivity contribution in [2.45, 2.75) is 19.9 Å². The molecule has 0 saturated carbocycles. The van der Waals surface area contributed by atoms with Gasteiger partial charge in [0.25, 0.3) is 0 Å². The molecule has 0 atom stereocenters. The molecule has 1 aromatic heterocycles. The molecule has 0 fully saturated rings. The average molecular weight is 295 g/mol. The maximum atomic E-state index is 8.88. The monoisotopic (exact) mass is 294 g/mol. The van der Waals surface area contributed by atoms with E-state index < -0.39 is 0 Å². The zero-order chi connectivity index (χ0) is 14.4. The molecule has 4 nitrogen and oxygen atoms in total. The van der Waals surface area contributed by atoms with Crippen LogP contribution in [0.5, 0.6) is 0 Å². The lowest BCUT2D eigenvalue weighted by Gasteiger charge is -2.17.